The van der Waals surface area contributed by atoms with Crippen molar-refractivity contribution in [2.75, 3.05) is 19.4 Å². The van der Waals surface area contributed by atoms with Gasteiger partial charge in [0.2, 0.25) is 5.95 Å². The van der Waals surface area contributed by atoms with Gasteiger partial charge in [-0.05, 0) is 24.2 Å². The lowest BCUT2D eigenvalue weighted by atomic mass is 10.1. The van der Waals surface area contributed by atoms with Crippen molar-refractivity contribution in [2.24, 2.45) is 0 Å². The largest absolute Gasteiger partial charge is 0.357 e. The van der Waals surface area contributed by atoms with E-state index in [0.717, 1.165) is 11.1 Å². The van der Waals surface area contributed by atoms with Crippen LogP contribution < -0.4 is 10.6 Å². The van der Waals surface area contributed by atoms with Gasteiger partial charge in [0, 0.05) is 19.8 Å². The number of benzene rings is 1. The number of hydrogen-bond acceptors (Lipinski definition) is 6. The Morgan fingerprint density at radius 3 is 2.31 bits per heavy atom. The minimum Gasteiger partial charge on any atom is -0.357 e. The zero-order valence-electron chi connectivity index (χ0n) is 14.4. The molecular weight excluding hydrogens is 374 g/mol. The van der Waals surface area contributed by atoms with Crippen LogP contribution in [0.5, 0.6) is 0 Å². The number of aromatic nitrogens is 3. The van der Waals surface area contributed by atoms with Gasteiger partial charge >= 0.3 is 0 Å². The number of rotatable bonds is 6. The topological polar surface area (TPSA) is 88.9 Å². The van der Waals surface area contributed by atoms with Gasteiger partial charge in [-0.25, -0.2) is 22.4 Å². The second kappa shape index (κ2) is 8.31. The molecule has 3 rings (SSSR count). The van der Waals surface area contributed by atoms with Crippen molar-refractivity contribution in [3.8, 4) is 11.3 Å². The van der Waals surface area contributed by atoms with E-state index in [4.69, 9.17) is 0 Å². The summed E-state index contributed by atoms with van der Waals surface area (Å²) in [5.41, 5.74) is 2.29. The first-order valence-corrected chi connectivity index (χ1v) is 9.17. The first kappa shape index (κ1) is 19.9. The van der Waals surface area contributed by atoms with Crippen LogP contribution in [0.1, 0.15) is 5.56 Å². The maximum atomic E-state index is 13.1. The van der Waals surface area contributed by atoms with E-state index < -0.39 is 10.0 Å². The second-order valence-electron chi connectivity index (χ2n) is 5.42. The molecule has 0 bridgehead atoms. The van der Waals surface area contributed by atoms with Crippen molar-refractivity contribution in [1.82, 2.24) is 19.3 Å². The van der Waals surface area contributed by atoms with Gasteiger partial charge in [-0.2, -0.15) is 0 Å². The minimum atomic E-state index is -3.80. The fourth-order valence-corrected chi connectivity index (χ4v) is 3.80. The molecule has 9 heteroatoms. The van der Waals surface area contributed by atoms with E-state index in [1.165, 1.54) is 16.4 Å². The molecule has 1 aromatic carbocycles. The van der Waals surface area contributed by atoms with Gasteiger partial charge in [0.05, 0.1) is 18.1 Å². The molecule has 0 saturated heterocycles. The van der Waals surface area contributed by atoms with Crippen molar-refractivity contribution in [2.45, 2.75) is 11.4 Å². The molecule has 0 aliphatic heterocycles. The summed E-state index contributed by atoms with van der Waals surface area (Å²) < 4.78 is 27.5. The average Bonchev–Trinajstić information content (AvgIpc) is 3.08. The van der Waals surface area contributed by atoms with E-state index in [1.807, 2.05) is 43.4 Å². The SMILES string of the molecule is CNCc1cc(-c2ccccc2)n(S(=O)(=O)c2cnc(NC)nc2)c1.Cl. The number of nitrogens with one attached hydrogen (secondary N) is 2. The molecule has 0 aliphatic rings. The molecule has 0 fully saturated rings. The highest BCUT2D eigenvalue weighted by Gasteiger charge is 2.22. The third kappa shape index (κ3) is 3.87. The highest BCUT2D eigenvalue weighted by molar-refractivity contribution is 7.90. The van der Waals surface area contributed by atoms with Crippen molar-refractivity contribution < 1.29 is 8.42 Å². The molecule has 0 unspecified atom stereocenters. The number of nitrogens with zero attached hydrogens (tertiary/aromatic N) is 3. The Bertz CT molecular complexity index is 957. The zero-order valence-corrected chi connectivity index (χ0v) is 16.0. The standard InChI is InChI=1S/C17H19N5O2S.ClH/c1-18-9-13-8-16(14-6-4-3-5-7-14)22(12-13)25(23,24)15-10-20-17(19-2)21-11-15;/h3-8,10-12,18H,9H2,1-2H3,(H,19,20,21);1H. The lowest BCUT2D eigenvalue weighted by Gasteiger charge is -2.10. The lowest BCUT2D eigenvalue weighted by Crippen LogP contribution is -2.14. The fraction of sp³-hybridized carbons (Fsp3) is 0.176. The van der Waals surface area contributed by atoms with Gasteiger partial charge in [-0.15, -0.1) is 12.4 Å². The smallest absolute Gasteiger partial charge is 0.271 e. The first-order valence-electron chi connectivity index (χ1n) is 7.73. The van der Waals surface area contributed by atoms with Crippen LogP contribution >= 0.6 is 12.4 Å². The van der Waals surface area contributed by atoms with Crippen molar-refractivity contribution in [3.63, 3.8) is 0 Å². The van der Waals surface area contributed by atoms with E-state index in [1.54, 1.807) is 13.2 Å². The van der Waals surface area contributed by atoms with E-state index in [-0.39, 0.29) is 17.3 Å². The highest BCUT2D eigenvalue weighted by Crippen LogP contribution is 2.26. The maximum absolute atomic E-state index is 13.1. The molecular formula is C17H20ClN5O2S. The molecule has 0 saturated carbocycles. The number of anilines is 1. The number of halogens is 1. The first-order chi connectivity index (χ1) is 12.1. The van der Waals surface area contributed by atoms with Crippen LogP contribution in [0.3, 0.4) is 0 Å². The summed E-state index contributed by atoms with van der Waals surface area (Å²) in [6, 6.07) is 11.3. The summed E-state index contributed by atoms with van der Waals surface area (Å²) in [6.45, 7) is 0.567. The Balaban J connectivity index is 0.00000243. The van der Waals surface area contributed by atoms with Gasteiger partial charge in [-0.1, -0.05) is 30.3 Å². The minimum absolute atomic E-state index is 0. The Labute approximate surface area is 159 Å². The van der Waals surface area contributed by atoms with E-state index in [9.17, 15) is 8.42 Å². The summed E-state index contributed by atoms with van der Waals surface area (Å²) in [7, 11) is -0.313. The highest BCUT2D eigenvalue weighted by atomic mass is 35.5. The maximum Gasteiger partial charge on any atom is 0.271 e. The second-order valence-corrected chi connectivity index (χ2v) is 7.24. The Morgan fingerprint density at radius 1 is 1.08 bits per heavy atom. The summed E-state index contributed by atoms with van der Waals surface area (Å²) >= 11 is 0. The summed E-state index contributed by atoms with van der Waals surface area (Å²) in [4.78, 5) is 8.05. The predicted octanol–water partition coefficient (Wildman–Crippen LogP) is 2.37. The summed E-state index contributed by atoms with van der Waals surface area (Å²) in [6.07, 6.45) is 4.24. The quantitative estimate of drug-likeness (QED) is 0.668. The average molecular weight is 394 g/mol. The molecule has 0 spiro atoms. The van der Waals surface area contributed by atoms with Crippen LogP contribution in [0.4, 0.5) is 5.95 Å². The molecule has 0 aliphatic carbocycles. The van der Waals surface area contributed by atoms with E-state index >= 15 is 0 Å². The lowest BCUT2D eigenvalue weighted by molar-refractivity contribution is 0.587. The Morgan fingerprint density at radius 2 is 1.73 bits per heavy atom. The summed E-state index contributed by atoms with van der Waals surface area (Å²) in [5.74, 6) is 0.366. The third-order valence-electron chi connectivity index (χ3n) is 3.70. The predicted molar refractivity (Wildman–Crippen MR) is 104 cm³/mol. The third-order valence-corrected chi connectivity index (χ3v) is 5.33. The van der Waals surface area contributed by atoms with Gasteiger partial charge in [0.25, 0.3) is 10.0 Å². The molecule has 138 valence electrons. The number of hydrogen-bond donors (Lipinski definition) is 2. The van der Waals surface area contributed by atoms with E-state index in [0.29, 0.717) is 18.2 Å². The molecule has 2 N–H and O–H groups in total. The van der Waals surface area contributed by atoms with Crippen molar-refractivity contribution in [3.05, 3.63) is 60.6 Å². The van der Waals surface area contributed by atoms with E-state index in [2.05, 4.69) is 20.6 Å². The Hall–Kier alpha value is -2.42. The fourth-order valence-electron chi connectivity index (χ4n) is 2.51. The molecule has 2 aromatic heterocycles. The van der Waals surface area contributed by atoms with Crippen LogP contribution in [0.15, 0.2) is 59.9 Å². The van der Waals surface area contributed by atoms with Crippen LogP contribution in [0.25, 0.3) is 11.3 Å². The normalized spacial score (nSPS) is 11.0. The van der Waals surface area contributed by atoms with Crippen LogP contribution in [0, 0.1) is 0 Å². The van der Waals surface area contributed by atoms with Gasteiger partial charge in [0.1, 0.15) is 4.90 Å². The molecule has 26 heavy (non-hydrogen) atoms. The zero-order chi connectivity index (χ0) is 17.9. The van der Waals surface area contributed by atoms with Crippen molar-refractivity contribution >= 4 is 28.4 Å². The Kier molecular flexibility index (Phi) is 6.36. The molecule has 7 nitrogen and oxygen atoms in total. The monoisotopic (exact) mass is 393 g/mol. The van der Waals surface area contributed by atoms with Crippen molar-refractivity contribution in [1.29, 1.82) is 0 Å². The van der Waals surface area contributed by atoms with Gasteiger partial charge in [-0.3, -0.25) is 0 Å². The summed E-state index contributed by atoms with van der Waals surface area (Å²) in [5, 5.41) is 5.81. The van der Waals surface area contributed by atoms with Crippen LogP contribution in [-0.4, -0.2) is 36.5 Å². The molecule has 2 heterocycles. The van der Waals surface area contributed by atoms with Crippen LogP contribution in [-0.2, 0) is 16.6 Å². The van der Waals surface area contributed by atoms with Gasteiger partial charge < -0.3 is 10.6 Å². The molecule has 0 amide bonds. The molecule has 3 aromatic rings. The van der Waals surface area contributed by atoms with Crippen LogP contribution in [0.2, 0.25) is 0 Å². The molecule has 0 radical (unpaired) electrons. The molecule has 0 atom stereocenters. The van der Waals surface area contributed by atoms with Gasteiger partial charge in [0.15, 0.2) is 0 Å².